The molecule has 2 unspecified atom stereocenters. The zero-order valence-corrected chi connectivity index (χ0v) is 55.4. The summed E-state index contributed by atoms with van der Waals surface area (Å²) in [7, 11) is -2.64. The van der Waals surface area contributed by atoms with Crippen LogP contribution in [0.3, 0.4) is 0 Å². The number of fused-ring (bicyclic) bond motifs is 4. The van der Waals surface area contributed by atoms with Crippen molar-refractivity contribution in [1.82, 2.24) is 9.80 Å². The van der Waals surface area contributed by atoms with Gasteiger partial charge in [0, 0.05) is 101 Å². The molecule has 0 bridgehead atoms. The van der Waals surface area contributed by atoms with Crippen molar-refractivity contribution in [2.75, 3.05) is 47.6 Å². The van der Waals surface area contributed by atoms with Crippen LogP contribution in [-0.2, 0) is 26.3 Å². The maximum atomic E-state index is 14.7. The molecule has 0 fully saturated rings. The first-order chi connectivity index (χ1) is 46.2. The highest BCUT2D eigenvalue weighted by molar-refractivity contribution is 7.85. The van der Waals surface area contributed by atoms with Gasteiger partial charge in [0.25, 0.3) is 47.3 Å². The van der Waals surface area contributed by atoms with E-state index in [1.807, 2.05) is 97.0 Å². The lowest BCUT2D eigenvalue weighted by atomic mass is 9.81. The van der Waals surface area contributed by atoms with E-state index >= 15 is 0 Å². The van der Waals surface area contributed by atoms with E-state index in [-0.39, 0.29) is 25.4 Å². The van der Waals surface area contributed by atoms with Gasteiger partial charge in [-0.25, -0.2) is 9.80 Å². The molecule has 480 valence electrons. The maximum absolute atomic E-state index is 14.7. The monoisotopic (exact) mass is 1310 g/mol. The van der Waals surface area contributed by atoms with Crippen molar-refractivity contribution in [2.45, 2.75) is 83.1 Å². The number of carbonyl (C=O) groups excluding carboxylic acids is 8. The number of ether oxygens (including phenoxy) is 1. The summed E-state index contributed by atoms with van der Waals surface area (Å²) in [5.41, 5.74) is 2.46. The van der Waals surface area contributed by atoms with Crippen molar-refractivity contribution in [3.63, 3.8) is 0 Å². The number of nitrogens with zero attached hydrogens (tertiary/aromatic N) is 4. The Bertz CT molecular complexity index is 5300. The molecule has 0 saturated heterocycles. The minimum absolute atomic E-state index is 0.0655. The molecule has 16 nitrogen and oxygen atoms in total. The topological polar surface area (TPSA) is 213 Å². The summed E-state index contributed by atoms with van der Waals surface area (Å²) in [6.45, 7) is 14.0. The van der Waals surface area contributed by atoms with Crippen LogP contribution in [0.5, 0.6) is 0 Å². The lowest BCUT2D eigenvalue weighted by Gasteiger charge is -2.35. The first kappa shape index (κ1) is 62.2. The van der Waals surface area contributed by atoms with Gasteiger partial charge in [0.05, 0.1) is 50.9 Å². The first-order valence-corrected chi connectivity index (χ1v) is 35.0. The summed E-state index contributed by atoms with van der Waals surface area (Å²) in [6.07, 6.45) is 1.44. The fourth-order valence-electron chi connectivity index (χ4n) is 15.2. The summed E-state index contributed by atoms with van der Waals surface area (Å²) in [5.74, 6) is -3.07. The van der Waals surface area contributed by atoms with E-state index in [1.165, 1.54) is 9.80 Å². The van der Waals surface area contributed by atoms with Gasteiger partial charge in [-0.1, -0.05) is 83.1 Å². The molecule has 4 aliphatic rings. The Balaban J connectivity index is 0.00000375. The highest BCUT2D eigenvalue weighted by Crippen LogP contribution is 2.50. The number of aliphatic hydroxyl groups is 1. The molecule has 2 atom stereocenters. The molecule has 16 rings (SSSR count). The van der Waals surface area contributed by atoms with Crippen molar-refractivity contribution < 1.29 is 56.6 Å². The van der Waals surface area contributed by atoms with Gasteiger partial charge in [0.1, 0.15) is 0 Å². The van der Waals surface area contributed by atoms with Crippen LogP contribution < -0.4 is 9.80 Å². The van der Waals surface area contributed by atoms with Crippen LogP contribution in [0.1, 0.15) is 151 Å². The average molecular weight is 1310 g/mol. The summed E-state index contributed by atoms with van der Waals surface area (Å²) >= 11 is 0. The van der Waals surface area contributed by atoms with E-state index in [0.29, 0.717) is 119 Å². The van der Waals surface area contributed by atoms with E-state index in [0.717, 1.165) is 74.4 Å². The minimum Gasteiger partial charge on any atom is -0.395 e. The molecule has 0 saturated carbocycles. The van der Waals surface area contributed by atoms with Crippen LogP contribution in [0, 0.1) is 5.41 Å². The van der Waals surface area contributed by atoms with Gasteiger partial charge < -0.3 is 9.84 Å². The highest BCUT2D eigenvalue weighted by atomic mass is 32.2. The Morgan fingerprint density at radius 3 is 1.00 bits per heavy atom. The number of hydrogen-bond acceptors (Lipinski definition) is 12. The van der Waals surface area contributed by atoms with Gasteiger partial charge in [-0.05, 0) is 200 Å². The van der Waals surface area contributed by atoms with Gasteiger partial charge >= 0.3 is 0 Å². The van der Waals surface area contributed by atoms with Gasteiger partial charge in [0.2, 0.25) is 0 Å². The smallest absolute Gasteiger partial charge is 0.265 e. The second kappa shape index (κ2) is 22.9. The molecular weight excluding hydrogens is 1250 g/mol. The Morgan fingerprint density at radius 2 is 0.688 bits per heavy atom. The zero-order valence-electron chi connectivity index (χ0n) is 53.8. The van der Waals surface area contributed by atoms with Crippen LogP contribution in [0.4, 0.5) is 11.4 Å². The molecule has 4 aliphatic heterocycles. The van der Waals surface area contributed by atoms with Gasteiger partial charge in [-0.2, -0.15) is 0 Å². The molecule has 0 radical (unpaired) electrons. The lowest BCUT2D eigenvalue weighted by Crippen LogP contribution is -2.45. The largest absolute Gasteiger partial charge is 0.395 e. The second-order valence-electron chi connectivity index (χ2n) is 26.2. The van der Waals surface area contributed by atoms with E-state index in [1.54, 1.807) is 97.1 Å². The van der Waals surface area contributed by atoms with Crippen LogP contribution in [0.2, 0.25) is 0 Å². The minimum atomic E-state index is -1.44. The van der Waals surface area contributed by atoms with Crippen molar-refractivity contribution in [2.24, 2.45) is 5.41 Å². The van der Waals surface area contributed by atoms with E-state index in [2.05, 4.69) is 0 Å². The summed E-state index contributed by atoms with van der Waals surface area (Å²) in [5, 5.41) is 20.7. The second-order valence-corrected chi connectivity index (χ2v) is 29.5. The molecule has 4 heterocycles. The third-order valence-electron chi connectivity index (χ3n) is 19.7. The standard InChI is InChI=1S/C76H58N4O12S2.C2H6/c1-6-93(90)41-12-8-39(9-13-41)79-71(86)55-28-20-47-43-16-24-51-63-52(25-17-44(59(43)63)48-21-29-56(72(79)87)65(55)61(47)48)68(83)77(67(51)82)34-7-32-76(4,5)92-36-33-75(2,3)38-78-69(84)53-26-18-45-49-22-30-57-66-58(31-23-50(62(49)66)46-19-27-54(70(78)85)64(53)60(45)46)74(89)80(73(57)88)40-10-14-42(15-11-40)94(91)37-35-81;1-2/h8-31,81H,6-7,32-38H2,1-5H3;1-2H3. The molecule has 0 aliphatic carbocycles. The molecule has 0 spiro atoms. The predicted octanol–water partition coefficient (Wildman–Crippen LogP) is 14.5. The zero-order chi connectivity index (χ0) is 67.3. The number of imide groups is 4. The van der Waals surface area contributed by atoms with Gasteiger partial charge in [0.15, 0.2) is 0 Å². The Kier molecular flexibility index (Phi) is 14.8. The molecule has 1 N–H and O–H groups in total. The Hall–Kier alpha value is -9.98. The van der Waals surface area contributed by atoms with Crippen molar-refractivity contribution in [3.05, 3.63) is 190 Å². The number of hydrogen-bond donors (Lipinski definition) is 1. The van der Waals surface area contributed by atoms with E-state index in [9.17, 15) is 51.9 Å². The van der Waals surface area contributed by atoms with Gasteiger partial charge in [-0.3, -0.25) is 56.6 Å². The third kappa shape index (κ3) is 9.19. The van der Waals surface area contributed by atoms with Crippen LogP contribution in [-0.4, -0.2) is 114 Å². The SMILES string of the molecule is CC.CCS(=O)c1ccc(N2C(=O)c3ccc4c5ccc6c7c(ccc(c8ccc(c3c48)C2=O)c75)C(=O)N(CCCC(C)(C)OCCC(C)(C)CN2C(=O)c3ccc4c5ccc7c8c(ccc(c9ccc(c3c49)C2=O)c85)C(=O)N(c2ccc(S(=O)CCO)cc2)C7=O)C6=O)cc1. The number of benzene rings is 12. The van der Waals surface area contributed by atoms with Crippen LogP contribution >= 0.6 is 0 Å². The number of anilines is 2. The van der Waals surface area contributed by atoms with Crippen LogP contribution in [0.15, 0.2) is 155 Å². The predicted molar refractivity (Wildman–Crippen MR) is 376 cm³/mol. The molecule has 12 aromatic rings. The van der Waals surface area contributed by atoms with Crippen molar-refractivity contribution in [1.29, 1.82) is 0 Å². The Morgan fingerprint density at radius 1 is 0.385 bits per heavy atom. The molecule has 12 aromatic carbocycles. The molecular formula is C78H64N4O12S2. The summed E-state index contributed by atoms with van der Waals surface area (Å²) < 4.78 is 31.5. The van der Waals surface area contributed by atoms with Gasteiger partial charge in [-0.15, -0.1) is 0 Å². The normalized spacial score (nSPS) is 15.6. The van der Waals surface area contributed by atoms with Crippen molar-refractivity contribution in [3.8, 4) is 0 Å². The number of rotatable bonds is 17. The third-order valence-corrected chi connectivity index (χ3v) is 22.4. The molecule has 18 heteroatoms. The fraction of sp³-hybridized carbons (Fsp3) is 0.231. The molecule has 8 amide bonds. The lowest BCUT2D eigenvalue weighted by molar-refractivity contribution is -0.0378. The van der Waals surface area contributed by atoms with E-state index in [4.69, 9.17) is 4.74 Å². The number of aliphatic hydroxyl groups excluding tert-OH is 1. The van der Waals surface area contributed by atoms with E-state index < -0.39 is 79.9 Å². The molecule has 0 aromatic heterocycles. The number of carbonyl (C=O) groups is 8. The van der Waals surface area contributed by atoms with Crippen molar-refractivity contribution >= 4 is 166 Å². The molecule has 96 heavy (non-hydrogen) atoms. The number of amides is 8. The average Bonchev–Trinajstić information content (AvgIpc) is 0.696. The quantitative estimate of drug-likeness (QED) is 0.0512. The maximum Gasteiger partial charge on any atom is 0.265 e. The Labute approximate surface area is 555 Å². The summed E-state index contributed by atoms with van der Waals surface area (Å²) in [6, 6.07) is 41.9. The van der Waals surface area contributed by atoms with Crippen LogP contribution in [0.25, 0.3) is 86.2 Å². The fourth-order valence-corrected chi connectivity index (χ4v) is 16.8. The highest BCUT2D eigenvalue weighted by Gasteiger charge is 2.42. The summed E-state index contributed by atoms with van der Waals surface area (Å²) in [4.78, 5) is 122. The first-order valence-electron chi connectivity index (χ1n) is 32.3.